The SMILES string of the molecule is Cc1nccc(-c2ccccc2)c1C(=O)N[C@H]1C=CS(=O)(=O)C1. The van der Waals surface area contributed by atoms with Gasteiger partial charge in [0.05, 0.1) is 23.1 Å². The number of pyridine rings is 1. The first-order valence-electron chi connectivity index (χ1n) is 7.19. The first-order valence-corrected chi connectivity index (χ1v) is 8.91. The minimum atomic E-state index is -3.21. The molecule has 23 heavy (non-hydrogen) atoms. The molecule has 1 N–H and O–H groups in total. The number of rotatable bonds is 3. The van der Waals surface area contributed by atoms with E-state index in [4.69, 9.17) is 0 Å². The maximum Gasteiger partial charge on any atom is 0.254 e. The monoisotopic (exact) mass is 328 g/mol. The molecule has 1 aliphatic heterocycles. The lowest BCUT2D eigenvalue weighted by atomic mass is 9.98. The van der Waals surface area contributed by atoms with Crippen LogP contribution < -0.4 is 5.32 Å². The van der Waals surface area contributed by atoms with Gasteiger partial charge in [0.25, 0.3) is 5.91 Å². The second-order valence-corrected chi connectivity index (χ2v) is 7.35. The first kappa shape index (κ1) is 15.4. The molecule has 5 nitrogen and oxygen atoms in total. The number of carbonyl (C=O) groups is 1. The molecule has 1 amide bonds. The maximum absolute atomic E-state index is 12.6. The summed E-state index contributed by atoms with van der Waals surface area (Å²) in [5.74, 6) is -0.417. The number of sulfone groups is 1. The Labute approximate surface area is 135 Å². The number of hydrogen-bond donors (Lipinski definition) is 1. The van der Waals surface area contributed by atoms with Crippen LogP contribution >= 0.6 is 0 Å². The van der Waals surface area contributed by atoms with Crippen LogP contribution in [0.15, 0.2) is 54.1 Å². The normalized spacial score (nSPS) is 18.7. The fraction of sp³-hybridized carbons (Fsp3) is 0.176. The number of benzene rings is 1. The lowest BCUT2D eigenvalue weighted by molar-refractivity contribution is 0.0947. The third-order valence-corrected chi connectivity index (χ3v) is 5.09. The van der Waals surface area contributed by atoms with Gasteiger partial charge >= 0.3 is 0 Å². The van der Waals surface area contributed by atoms with E-state index in [0.717, 1.165) is 16.5 Å². The van der Waals surface area contributed by atoms with Crippen molar-refractivity contribution in [3.8, 4) is 11.1 Å². The van der Waals surface area contributed by atoms with Crippen LogP contribution in [0.25, 0.3) is 11.1 Å². The Kier molecular flexibility index (Phi) is 4.00. The van der Waals surface area contributed by atoms with Crippen molar-refractivity contribution >= 4 is 15.7 Å². The highest BCUT2D eigenvalue weighted by molar-refractivity contribution is 7.94. The van der Waals surface area contributed by atoms with Gasteiger partial charge < -0.3 is 5.32 Å². The average Bonchev–Trinajstić information content (AvgIpc) is 2.86. The quantitative estimate of drug-likeness (QED) is 0.936. The molecule has 1 atom stereocenters. The highest BCUT2D eigenvalue weighted by Crippen LogP contribution is 2.25. The van der Waals surface area contributed by atoms with E-state index in [-0.39, 0.29) is 11.7 Å². The van der Waals surface area contributed by atoms with Gasteiger partial charge in [-0.05, 0) is 30.2 Å². The van der Waals surface area contributed by atoms with Crippen molar-refractivity contribution in [2.75, 3.05) is 5.75 Å². The lowest BCUT2D eigenvalue weighted by Gasteiger charge is -2.15. The highest BCUT2D eigenvalue weighted by atomic mass is 32.2. The summed E-state index contributed by atoms with van der Waals surface area (Å²) < 4.78 is 22.9. The Morgan fingerprint density at radius 3 is 2.61 bits per heavy atom. The molecule has 0 bridgehead atoms. The number of nitrogens with zero attached hydrogens (tertiary/aromatic N) is 1. The van der Waals surface area contributed by atoms with Crippen LogP contribution in [0.5, 0.6) is 0 Å². The summed E-state index contributed by atoms with van der Waals surface area (Å²) >= 11 is 0. The molecule has 0 saturated heterocycles. The van der Waals surface area contributed by atoms with Crippen LogP contribution in [0, 0.1) is 6.92 Å². The molecule has 1 aromatic carbocycles. The fourth-order valence-electron chi connectivity index (χ4n) is 2.62. The van der Waals surface area contributed by atoms with E-state index in [1.807, 2.05) is 30.3 Å². The van der Waals surface area contributed by atoms with Crippen molar-refractivity contribution < 1.29 is 13.2 Å². The van der Waals surface area contributed by atoms with E-state index < -0.39 is 15.9 Å². The molecular weight excluding hydrogens is 312 g/mol. The second kappa shape index (κ2) is 5.96. The molecule has 1 aliphatic rings. The van der Waals surface area contributed by atoms with E-state index >= 15 is 0 Å². The minimum absolute atomic E-state index is 0.0985. The number of hydrogen-bond acceptors (Lipinski definition) is 4. The molecule has 0 unspecified atom stereocenters. The topological polar surface area (TPSA) is 76.1 Å². The van der Waals surface area contributed by atoms with Crippen molar-refractivity contribution in [2.24, 2.45) is 0 Å². The Balaban J connectivity index is 1.93. The largest absolute Gasteiger partial charge is 0.345 e. The van der Waals surface area contributed by atoms with Gasteiger partial charge in [-0.1, -0.05) is 30.3 Å². The van der Waals surface area contributed by atoms with Crippen LogP contribution in [-0.2, 0) is 9.84 Å². The van der Waals surface area contributed by atoms with Crippen molar-refractivity contribution in [1.82, 2.24) is 10.3 Å². The summed E-state index contributed by atoms with van der Waals surface area (Å²) in [6.45, 7) is 1.77. The Bertz CT molecular complexity index is 874. The zero-order chi connectivity index (χ0) is 16.4. The van der Waals surface area contributed by atoms with Gasteiger partial charge in [-0.15, -0.1) is 0 Å². The van der Waals surface area contributed by atoms with E-state index in [0.29, 0.717) is 11.3 Å². The van der Waals surface area contributed by atoms with Crippen LogP contribution in [0.3, 0.4) is 0 Å². The number of carbonyl (C=O) groups excluding carboxylic acids is 1. The summed E-state index contributed by atoms with van der Waals surface area (Å²) in [5.41, 5.74) is 2.77. The Hall–Kier alpha value is -2.47. The summed E-state index contributed by atoms with van der Waals surface area (Å²) in [6.07, 6.45) is 3.16. The zero-order valence-corrected chi connectivity index (χ0v) is 13.4. The number of aryl methyl sites for hydroxylation is 1. The summed E-state index contributed by atoms with van der Waals surface area (Å²) in [6, 6.07) is 10.8. The number of nitrogens with one attached hydrogen (secondary N) is 1. The number of aromatic nitrogens is 1. The molecule has 0 saturated carbocycles. The molecule has 0 spiro atoms. The average molecular weight is 328 g/mol. The van der Waals surface area contributed by atoms with Gasteiger partial charge in [0.15, 0.2) is 9.84 Å². The molecule has 6 heteroatoms. The lowest BCUT2D eigenvalue weighted by Crippen LogP contribution is -2.36. The smallest absolute Gasteiger partial charge is 0.254 e. The van der Waals surface area contributed by atoms with E-state index in [9.17, 15) is 13.2 Å². The van der Waals surface area contributed by atoms with Gasteiger partial charge in [0, 0.05) is 11.6 Å². The Morgan fingerprint density at radius 1 is 1.22 bits per heavy atom. The predicted octanol–water partition coefficient (Wildman–Crippen LogP) is 2.10. The highest BCUT2D eigenvalue weighted by Gasteiger charge is 2.25. The van der Waals surface area contributed by atoms with Crippen molar-refractivity contribution in [3.63, 3.8) is 0 Å². The zero-order valence-electron chi connectivity index (χ0n) is 12.6. The van der Waals surface area contributed by atoms with Crippen LogP contribution in [-0.4, -0.2) is 31.1 Å². The third kappa shape index (κ3) is 3.32. The van der Waals surface area contributed by atoms with Crippen LogP contribution in [0.2, 0.25) is 0 Å². The molecule has 1 aromatic heterocycles. The third-order valence-electron chi connectivity index (χ3n) is 3.70. The summed E-state index contributed by atoms with van der Waals surface area (Å²) in [4.78, 5) is 16.8. The van der Waals surface area contributed by atoms with Gasteiger partial charge in [-0.3, -0.25) is 9.78 Å². The van der Waals surface area contributed by atoms with Gasteiger partial charge in [0.2, 0.25) is 0 Å². The molecule has 118 valence electrons. The molecular formula is C17H16N2O3S. The predicted molar refractivity (Wildman–Crippen MR) is 88.6 cm³/mol. The van der Waals surface area contributed by atoms with Crippen molar-refractivity contribution in [3.05, 3.63) is 65.3 Å². The molecule has 2 heterocycles. The molecule has 0 radical (unpaired) electrons. The van der Waals surface area contributed by atoms with Gasteiger partial charge in [-0.2, -0.15) is 0 Å². The fourth-order valence-corrected chi connectivity index (χ4v) is 3.85. The second-order valence-electron chi connectivity index (χ2n) is 5.42. The maximum atomic E-state index is 12.6. The van der Waals surface area contributed by atoms with Gasteiger partial charge in [-0.25, -0.2) is 8.42 Å². The van der Waals surface area contributed by atoms with Crippen LogP contribution in [0.4, 0.5) is 0 Å². The molecule has 0 aliphatic carbocycles. The first-order chi connectivity index (χ1) is 11.0. The minimum Gasteiger partial charge on any atom is -0.345 e. The van der Waals surface area contributed by atoms with E-state index in [2.05, 4.69) is 10.3 Å². The van der Waals surface area contributed by atoms with E-state index in [1.165, 1.54) is 6.08 Å². The van der Waals surface area contributed by atoms with E-state index in [1.54, 1.807) is 19.2 Å². The standard InChI is InChI=1S/C17H16N2O3S/c1-12-16(17(20)19-14-8-10-23(21,22)11-14)15(7-9-18-12)13-5-3-2-4-6-13/h2-10,14H,11H2,1H3,(H,19,20)/t14-/m0/s1. The summed E-state index contributed by atoms with van der Waals surface area (Å²) in [5, 5.41) is 3.90. The van der Waals surface area contributed by atoms with Crippen LogP contribution in [0.1, 0.15) is 16.1 Å². The number of amides is 1. The van der Waals surface area contributed by atoms with Crippen molar-refractivity contribution in [2.45, 2.75) is 13.0 Å². The molecule has 0 fully saturated rings. The molecule has 2 aromatic rings. The molecule has 3 rings (SSSR count). The van der Waals surface area contributed by atoms with Crippen molar-refractivity contribution in [1.29, 1.82) is 0 Å². The van der Waals surface area contributed by atoms with Gasteiger partial charge in [0.1, 0.15) is 0 Å². The Morgan fingerprint density at radius 2 is 1.96 bits per heavy atom. The summed E-state index contributed by atoms with van der Waals surface area (Å²) in [7, 11) is -3.21.